The Morgan fingerprint density at radius 3 is 2.73 bits per heavy atom. The normalized spacial score (nSPS) is 16.7. The molecule has 0 spiro atoms. The summed E-state index contributed by atoms with van der Waals surface area (Å²) in [5.41, 5.74) is 5.15. The highest BCUT2D eigenvalue weighted by Gasteiger charge is 2.28. The van der Waals surface area contributed by atoms with E-state index < -0.39 is 25.5 Å². The number of aliphatic carboxylic acids is 1. The average Bonchev–Trinajstić information content (AvgIpc) is 2.18. The first-order valence-electron chi connectivity index (χ1n) is 4.15. The summed E-state index contributed by atoms with van der Waals surface area (Å²) in [6.07, 6.45) is 0.851. The molecule has 0 amide bonds. The maximum Gasteiger partial charge on any atom is 0.321 e. The van der Waals surface area contributed by atoms with Crippen LogP contribution in [0.1, 0.15) is 0 Å². The summed E-state index contributed by atoms with van der Waals surface area (Å²) >= 11 is 0. The van der Waals surface area contributed by atoms with Crippen LogP contribution in [-0.4, -0.2) is 33.2 Å². The van der Waals surface area contributed by atoms with Crippen molar-refractivity contribution in [2.75, 3.05) is 6.16 Å². The van der Waals surface area contributed by atoms with E-state index in [0.717, 1.165) is 0 Å². The van der Waals surface area contributed by atoms with Crippen molar-refractivity contribution in [2.45, 2.75) is 6.04 Å². The third kappa shape index (κ3) is 3.13. The standard InChI is InChI=1S/C8H11N2O4P/c9-6(8(11)12)5-15(13,14)7-3-1-2-4-10-7/h1-4,6H,5,9H2,(H,11,12)(H,13,14). The molecule has 0 aromatic carbocycles. The first-order chi connectivity index (χ1) is 6.93. The molecular formula is C8H11N2O4P. The molecule has 2 atom stereocenters. The molecule has 0 bridgehead atoms. The Bertz CT molecular complexity index is 395. The second-order valence-electron chi connectivity index (χ2n) is 3.02. The van der Waals surface area contributed by atoms with Crippen LogP contribution in [0.25, 0.3) is 0 Å². The van der Waals surface area contributed by atoms with Gasteiger partial charge in [-0.3, -0.25) is 14.3 Å². The van der Waals surface area contributed by atoms with Crippen LogP contribution in [0.5, 0.6) is 0 Å². The van der Waals surface area contributed by atoms with Crippen molar-refractivity contribution in [3.8, 4) is 0 Å². The third-order valence-corrected chi connectivity index (χ3v) is 3.64. The molecule has 6 nitrogen and oxygen atoms in total. The monoisotopic (exact) mass is 230 g/mol. The zero-order valence-corrected chi connectivity index (χ0v) is 8.67. The van der Waals surface area contributed by atoms with Gasteiger partial charge in [0, 0.05) is 6.20 Å². The Hall–Kier alpha value is -1.23. The highest BCUT2D eigenvalue weighted by Crippen LogP contribution is 2.38. The average molecular weight is 230 g/mol. The van der Waals surface area contributed by atoms with Crippen molar-refractivity contribution in [3.05, 3.63) is 24.4 Å². The second-order valence-corrected chi connectivity index (χ2v) is 5.24. The lowest BCUT2D eigenvalue weighted by Gasteiger charge is -2.12. The van der Waals surface area contributed by atoms with Gasteiger partial charge in [0.25, 0.3) is 0 Å². The lowest BCUT2D eigenvalue weighted by atomic mass is 10.4. The molecule has 0 aliphatic heterocycles. The summed E-state index contributed by atoms with van der Waals surface area (Å²) < 4.78 is 11.7. The van der Waals surface area contributed by atoms with Gasteiger partial charge in [0.05, 0.1) is 6.16 Å². The molecule has 1 heterocycles. The summed E-state index contributed by atoms with van der Waals surface area (Å²) in [5.74, 6) is -1.31. The summed E-state index contributed by atoms with van der Waals surface area (Å²) in [4.78, 5) is 23.7. The fraction of sp³-hybridized carbons (Fsp3) is 0.250. The zero-order chi connectivity index (χ0) is 11.5. The van der Waals surface area contributed by atoms with E-state index in [2.05, 4.69) is 4.98 Å². The first-order valence-corrected chi connectivity index (χ1v) is 6.00. The highest BCUT2D eigenvalue weighted by molar-refractivity contribution is 7.65. The van der Waals surface area contributed by atoms with Crippen molar-refractivity contribution in [2.24, 2.45) is 5.73 Å². The van der Waals surface area contributed by atoms with Crippen LogP contribution in [0, 0.1) is 0 Å². The van der Waals surface area contributed by atoms with Crippen LogP contribution < -0.4 is 11.2 Å². The maximum atomic E-state index is 11.7. The van der Waals surface area contributed by atoms with Gasteiger partial charge in [-0.1, -0.05) is 6.07 Å². The SMILES string of the molecule is NC(CP(=O)(O)c1ccccn1)C(=O)O. The van der Waals surface area contributed by atoms with E-state index in [9.17, 15) is 14.3 Å². The van der Waals surface area contributed by atoms with Crippen molar-refractivity contribution in [1.82, 2.24) is 4.98 Å². The molecule has 1 aromatic rings. The minimum absolute atomic E-state index is 0.0262. The van der Waals surface area contributed by atoms with Crippen LogP contribution in [0.15, 0.2) is 24.4 Å². The maximum absolute atomic E-state index is 11.7. The summed E-state index contributed by atoms with van der Waals surface area (Å²) in [5, 5.41) is 8.51. The van der Waals surface area contributed by atoms with Crippen molar-refractivity contribution in [1.29, 1.82) is 0 Å². The Morgan fingerprint density at radius 1 is 1.60 bits per heavy atom. The van der Waals surface area contributed by atoms with Gasteiger partial charge in [-0.15, -0.1) is 0 Å². The summed E-state index contributed by atoms with van der Waals surface area (Å²) in [6, 6.07) is 3.16. The molecule has 15 heavy (non-hydrogen) atoms. The lowest BCUT2D eigenvalue weighted by Crippen LogP contribution is -2.35. The molecule has 0 aliphatic carbocycles. The minimum atomic E-state index is -3.77. The number of nitrogens with zero attached hydrogens (tertiary/aromatic N) is 1. The lowest BCUT2D eigenvalue weighted by molar-refractivity contribution is -0.138. The van der Waals surface area contributed by atoms with Gasteiger partial charge in [-0.25, -0.2) is 0 Å². The smallest absolute Gasteiger partial charge is 0.321 e. The molecule has 0 aliphatic rings. The molecular weight excluding hydrogens is 219 g/mol. The van der Waals surface area contributed by atoms with E-state index in [-0.39, 0.29) is 5.44 Å². The number of pyridine rings is 1. The number of nitrogens with two attached hydrogens (primary N) is 1. The first kappa shape index (κ1) is 11.8. The number of carboxylic acids is 1. The second kappa shape index (κ2) is 4.53. The topological polar surface area (TPSA) is 114 Å². The van der Waals surface area contributed by atoms with E-state index in [1.54, 1.807) is 12.1 Å². The van der Waals surface area contributed by atoms with Gasteiger partial charge in [0.2, 0.25) is 7.37 Å². The van der Waals surface area contributed by atoms with E-state index in [0.29, 0.717) is 0 Å². The van der Waals surface area contributed by atoms with Gasteiger partial charge >= 0.3 is 5.97 Å². The van der Waals surface area contributed by atoms with Crippen molar-refractivity contribution in [3.63, 3.8) is 0 Å². The number of hydrogen-bond donors (Lipinski definition) is 3. The Labute approximate surface area is 86.2 Å². The third-order valence-electron chi connectivity index (χ3n) is 1.77. The fourth-order valence-electron chi connectivity index (χ4n) is 0.999. The molecule has 2 unspecified atom stereocenters. The molecule has 1 aromatic heterocycles. The largest absolute Gasteiger partial charge is 0.480 e. The minimum Gasteiger partial charge on any atom is -0.480 e. The van der Waals surface area contributed by atoms with E-state index in [1.165, 1.54) is 12.3 Å². The van der Waals surface area contributed by atoms with Gasteiger partial charge in [-0.05, 0) is 12.1 Å². The van der Waals surface area contributed by atoms with Crippen molar-refractivity contribution >= 4 is 18.8 Å². The van der Waals surface area contributed by atoms with E-state index in [1.807, 2.05) is 0 Å². The molecule has 7 heteroatoms. The van der Waals surface area contributed by atoms with Gasteiger partial charge in [0.1, 0.15) is 11.5 Å². The van der Waals surface area contributed by atoms with E-state index >= 15 is 0 Å². The predicted molar refractivity (Wildman–Crippen MR) is 54.2 cm³/mol. The van der Waals surface area contributed by atoms with Gasteiger partial charge < -0.3 is 15.7 Å². The van der Waals surface area contributed by atoms with E-state index in [4.69, 9.17) is 10.8 Å². The predicted octanol–water partition coefficient (Wildman–Crippen LogP) is -0.611. The number of carbonyl (C=O) groups is 1. The molecule has 0 radical (unpaired) electrons. The number of carboxylic acid groups (broad SMARTS) is 1. The van der Waals surface area contributed by atoms with Crippen LogP contribution in [0.3, 0.4) is 0 Å². The Kier molecular flexibility index (Phi) is 3.57. The molecule has 1 rings (SSSR count). The number of hydrogen-bond acceptors (Lipinski definition) is 4. The van der Waals surface area contributed by atoms with Gasteiger partial charge in [0.15, 0.2) is 0 Å². The van der Waals surface area contributed by atoms with Crippen LogP contribution in [0.2, 0.25) is 0 Å². The molecule has 4 N–H and O–H groups in total. The van der Waals surface area contributed by atoms with Crippen LogP contribution in [-0.2, 0) is 9.36 Å². The number of rotatable bonds is 4. The quantitative estimate of drug-likeness (QED) is 0.594. The molecule has 0 saturated heterocycles. The van der Waals surface area contributed by atoms with Gasteiger partial charge in [-0.2, -0.15) is 0 Å². The molecule has 82 valence electrons. The fourth-order valence-corrected chi connectivity index (χ4v) is 2.44. The summed E-state index contributed by atoms with van der Waals surface area (Å²) in [7, 11) is -3.77. The van der Waals surface area contributed by atoms with Crippen LogP contribution >= 0.6 is 7.37 Å². The summed E-state index contributed by atoms with van der Waals surface area (Å²) in [6.45, 7) is 0. The highest BCUT2D eigenvalue weighted by atomic mass is 31.2. The Morgan fingerprint density at radius 2 is 2.27 bits per heavy atom. The molecule has 0 fully saturated rings. The van der Waals surface area contributed by atoms with Crippen molar-refractivity contribution < 1.29 is 19.4 Å². The number of aromatic nitrogens is 1. The molecule has 0 saturated carbocycles. The zero-order valence-electron chi connectivity index (χ0n) is 7.78. The van der Waals surface area contributed by atoms with Crippen LogP contribution in [0.4, 0.5) is 0 Å². The Balaban J connectivity index is 2.85.